The molecule has 0 radical (unpaired) electrons. The molecule has 4 nitrogen and oxygen atoms in total. The second-order valence-electron chi connectivity index (χ2n) is 4.00. The number of nitrogens with one attached hydrogen (secondary N) is 1. The zero-order valence-electron chi connectivity index (χ0n) is 9.73. The molecular weight excluding hydrogens is 238 g/mol. The topological polar surface area (TPSA) is 68.0 Å². The maximum atomic E-state index is 10.9. The van der Waals surface area contributed by atoms with Crippen LogP contribution in [0.15, 0.2) is 24.4 Å². The van der Waals surface area contributed by atoms with E-state index in [9.17, 15) is 4.79 Å². The molecular formula is C12H18ClN3O. The monoisotopic (exact) mass is 255 g/mol. The number of hydrogen-bond donors (Lipinski definition) is 2. The van der Waals surface area contributed by atoms with Crippen LogP contribution in [-0.4, -0.2) is 10.9 Å². The number of pyridine rings is 1. The molecule has 1 amide bonds. The third kappa shape index (κ3) is 5.65. The lowest BCUT2D eigenvalue weighted by molar-refractivity contribution is -0.125. The molecule has 0 bridgehead atoms. The van der Waals surface area contributed by atoms with Crippen molar-refractivity contribution in [3.05, 3.63) is 29.5 Å². The van der Waals surface area contributed by atoms with Gasteiger partial charge in [0, 0.05) is 12.1 Å². The van der Waals surface area contributed by atoms with E-state index in [1.807, 2.05) is 12.1 Å². The Morgan fingerprint density at radius 2 is 2.06 bits per heavy atom. The van der Waals surface area contributed by atoms with Gasteiger partial charge in [0.2, 0.25) is 5.91 Å². The minimum atomic E-state index is 0.0136. The summed E-state index contributed by atoms with van der Waals surface area (Å²) in [6.07, 6.45) is 7.32. The fraction of sp³-hybridized carbons (Fsp3) is 0.500. The third-order valence-electron chi connectivity index (χ3n) is 2.75. The van der Waals surface area contributed by atoms with Crippen LogP contribution in [0.2, 0.25) is 5.15 Å². The zero-order chi connectivity index (χ0) is 12.5. The van der Waals surface area contributed by atoms with Crippen molar-refractivity contribution in [2.45, 2.75) is 32.1 Å². The molecule has 3 N–H and O–H groups in total. The summed E-state index contributed by atoms with van der Waals surface area (Å²) >= 11 is 5.43. The Morgan fingerprint density at radius 1 is 1.35 bits per heavy atom. The average molecular weight is 256 g/mol. The molecule has 1 fully saturated rings. The molecule has 0 saturated heterocycles. The predicted octanol–water partition coefficient (Wildman–Crippen LogP) is 2.29. The van der Waals surface area contributed by atoms with E-state index in [4.69, 9.17) is 17.4 Å². The first-order valence-corrected chi connectivity index (χ1v) is 6.19. The standard InChI is InChI=1S/C7H14N2O.C5H4ClN/c8-9-7(10)6-4-2-1-3-5-6;6-5-3-1-2-4-7-5/h6H,1-5,8H2,(H,9,10);1-4H. The normalized spacial score (nSPS) is 15.6. The molecule has 1 aromatic rings. The number of nitrogens with zero attached hydrogens (tertiary/aromatic N) is 1. The van der Waals surface area contributed by atoms with E-state index in [0.717, 1.165) is 12.8 Å². The van der Waals surface area contributed by atoms with Gasteiger partial charge in [-0.1, -0.05) is 36.9 Å². The maximum Gasteiger partial charge on any atom is 0.236 e. The molecule has 0 unspecified atom stereocenters. The number of hydrazine groups is 1. The van der Waals surface area contributed by atoms with Crippen LogP contribution in [-0.2, 0) is 4.79 Å². The molecule has 5 heteroatoms. The fourth-order valence-corrected chi connectivity index (χ4v) is 1.95. The minimum Gasteiger partial charge on any atom is -0.294 e. The van der Waals surface area contributed by atoms with Gasteiger partial charge >= 0.3 is 0 Å². The van der Waals surface area contributed by atoms with Gasteiger partial charge in [-0.15, -0.1) is 0 Å². The molecule has 0 atom stereocenters. The van der Waals surface area contributed by atoms with Crippen molar-refractivity contribution < 1.29 is 4.79 Å². The number of amides is 1. The lowest BCUT2D eigenvalue weighted by atomic mass is 9.89. The van der Waals surface area contributed by atoms with Crippen molar-refractivity contribution in [3.8, 4) is 0 Å². The molecule has 1 aliphatic rings. The third-order valence-corrected chi connectivity index (χ3v) is 2.97. The van der Waals surface area contributed by atoms with Crippen LogP contribution in [0.3, 0.4) is 0 Å². The second-order valence-corrected chi connectivity index (χ2v) is 4.38. The molecule has 1 heterocycles. The Balaban J connectivity index is 0.000000181. The van der Waals surface area contributed by atoms with Gasteiger partial charge in [-0.2, -0.15) is 0 Å². The summed E-state index contributed by atoms with van der Waals surface area (Å²) in [7, 11) is 0. The molecule has 17 heavy (non-hydrogen) atoms. The summed E-state index contributed by atoms with van der Waals surface area (Å²) < 4.78 is 0. The Labute approximate surface area is 107 Å². The van der Waals surface area contributed by atoms with E-state index < -0.39 is 0 Å². The van der Waals surface area contributed by atoms with Gasteiger partial charge in [-0.3, -0.25) is 10.2 Å². The van der Waals surface area contributed by atoms with Crippen molar-refractivity contribution >= 4 is 17.5 Å². The van der Waals surface area contributed by atoms with E-state index in [1.165, 1.54) is 19.3 Å². The van der Waals surface area contributed by atoms with Crippen LogP contribution in [0.25, 0.3) is 0 Å². The van der Waals surface area contributed by atoms with Gasteiger partial charge in [0.05, 0.1) is 0 Å². The fourth-order valence-electron chi connectivity index (χ4n) is 1.82. The van der Waals surface area contributed by atoms with E-state index >= 15 is 0 Å². The summed E-state index contributed by atoms with van der Waals surface area (Å²) in [4.78, 5) is 14.7. The van der Waals surface area contributed by atoms with E-state index in [2.05, 4.69) is 10.4 Å². The quantitative estimate of drug-likeness (QED) is 0.350. The molecule has 0 aromatic carbocycles. The van der Waals surface area contributed by atoms with Crippen LogP contribution in [0, 0.1) is 5.92 Å². The minimum absolute atomic E-state index is 0.0136. The first-order valence-electron chi connectivity index (χ1n) is 5.81. The smallest absolute Gasteiger partial charge is 0.236 e. The van der Waals surface area contributed by atoms with Gasteiger partial charge in [-0.05, 0) is 25.0 Å². The van der Waals surface area contributed by atoms with E-state index in [0.29, 0.717) is 5.15 Å². The van der Waals surface area contributed by atoms with Gasteiger partial charge in [0.15, 0.2) is 0 Å². The Kier molecular flexibility index (Phi) is 6.58. The number of carbonyl (C=O) groups excluding carboxylic acids is 1. The van der Waals surface area contributed by atoms with Crippen LogP contribution in [0.1, 0.15) is 32.1 Å². The molecule has 1 saturated carbocycles. The zero-order valence-corrected chi connectivity index (χ0v) is 10.5. The largest absolute Gasteiger partial charge is 0.294 e. The van der Waals surface area contributed by atoms with Gasteiger partial charge in [0.1, 0.15) is 5.15 Å². The molecule has 0 spiro atoms. The average Bonchev–Trinajstić information content (AvgIpc) is 2.40. The summed E-state index contributed by atoms with van der Waals surface area (Å²) in [6.45, 7) is 0. The van der Waals surface area contributed by atoms with Crippen molar-refractivity contribution in [1.82, 2.24) is 10.4 Å². The molecule has 2 rings (SSSR count). The lowest BCUT2D eigenvalue weighted by Crippen LogP contribution is -2.36. The number of rotatable bonds is 1. The number of hydrogen-bond acceptors (Lipinski definition) is 3. The first kappa shape index (κ1) is 13.9. The van der Waals surface area contributed by atoms with Crippen molar-refractivity contribution in [2.24, 2.45) is 11.8 Å². The molecule has 0 aliphatic heterocycles. The van der Waals surface area contributed by atoms with Crippen molar-refractivity contribution in [1.29, 1.82) is 0 Å². The van der Waals surface area contributed by atoms with Crippen LogP contribution in [0.4, 0.5) is 0 Å². The highest BCUT2D eigenvalue weighted by molar-refractivity contribution is 6.29. The van der Waals surface area contributed by atoms with E-state index in [-0.39, 0.29) is 11.8 Å². The van der Waals surface area contributed by atoms with Gasteiger partial charge in [0.25, 0.3) is 0 Å². The van der Waals surface area contributed by atoms with Gasteiger partial charge < -0.3 is 0 Å². The Bertz CT molecular complexity index is 326. The number of halogens is 1. The van der Waals surface area contributed by atoms with Crippen LogP contribution < -0.4 is 11.3 Å². The highest BCUT2D eigenvalue weighted by Gasteiger charge is 2.19. The van der Waals surface area contributed by atoms with Crippen molar-refractivity contribution in [2.75, 3.05) is 0 Å². The number of aromatic nitrogens is 1. The molecule has 1 aliphatic carbocycles. The molecule has 1 aromatic heterocycles. The first-order chi connectivity index (χ1) is 8.24. The number of nitrogens with two attached hydrogens (primary N) is 1. The highest BCUT2D eigenvalue weighted by Crippen LogP contribution is 2.23. The second kappa shape index (κ2) is 8.03. The lowest BCUT2D eigenvalue weighted by Gasteiger charge is -2.19. The Morgan fingerprint density at radius 3 is 2.47 bits per heavy atom. The number of carbonyl (C=O) groups is 1. The Hall–Kier alpha value is -1.13. The highest BCUT2D eigenvalue weighted by atomic mass is 35.5. The summed E-state index contributed by atoms with van der Waals surface area (Å²) in [5, 5.41) is 0.544. The SMILES string of the molecule is Clc1ccccn1.NNC(=O)C1CCCCC1. The van der Waals surface area contributed by atoms with Gasteiger partial charge in [-0.25, -0.2) is 10.8 Å². The molecule has 94 valence electrons. The van der Waals surface area contributed by atoms with Crippen LogP contribution in [0.5, 0.6) is 0 Å². The predicted molar refractivity (Wildman–Crippen MR) is 68.2 cm³/mol. The summed E-state index contributed by atoms with van der Waals surface area (Å²) in [6, 6.07) is 5.41. The summed E-state index contributed by atoms with van der Waals surface area (Å²) in [5.41, 5.74) is 2.20. The van der Waals surface area contributed by atoms with Crippen LogP contribution >= 0.6 is 11.6 Å². The van der Waals surface area contributed by atoms with Crippen molar-refractivity contribution in [3.63, 3.8) is 0 Å². The maximum absolute atomic E-state index is 10.9. The summed E-state index contributed by atoms with van der Waals surface area (Å²) in [5.74, 6) is 5.21. The van der Waals surface area contributed by atoms with E-state index in [1.54, 1.807) is 12.3 Å².